The first-order chi connectivity index (χ1) is 7.99. The summed E-state index contributed by atoms with van der Waals surface area (Å²) >= 11 is 0. The largest absolute Gasteiger partial charge is 0.462 e. The van der Waals surface area contributed by atoms with Crippen molar-refractivity contribution in [3.63, 3.8) is 0 Å². The van der Waals surface area contributed by atoms with E-state index in [1.807, 2.05) is 0 Å². The lowest BCUT2D eigenvalue weighted by atomic mass is 10.00. The fraction of sp³-hybridized carbons (Fsp3) is 0.182. The zero-order valence-electron chi connectivity index (χ0n) is 9.23. The second-order valence-corrected chi connectivity index (χ2v) is 3.18. The van der Waals surface area contributed by atoms with Crippen molar-refractivity contribution in [2.75, 3.05) is 6.61 Å². The summed E-state index contributed by atoms with van der Waals surface area (Å²) in [4.78, 5) is 33.9. The van der Waals surface area contributed by atoms with Gasteiger partial charge in [-0.3, -0.25) is 9.59 Å². The van der Waals surface area contributed by atoms with Crippen LogP contribution >= 0.6 is 0 Å². The molecule has 17 heavy (non-hydrogen) atoms. The third-order valence-electron chi connectivity index (χ3n) is 2.07. The van der Waals surface area contributed by atoms with Gasteiger partial charge in [0, 0.05) is 0 Å². The van der Waals surface area contributed by atoms with Crippen LogP contribution in [0.4, 0.5) is 0 Å². The minimum absolute atomic E-state index is 0.0596. The molecule has 0 aliphatic heterocycles. The Balaban J connectivity index is 3.40. The van der Waals surface area contributed by atoms with Crippen LogP contribution in [0, 0.1) is 0 Å². The molecule has 1 rings (SSSR count). The van der Waals surface area contributed by atoms with E-state index in [0.29, 0.717) is 0 Å². The molecule has 1 aromatic carbocycles. The van der Waals surface area contributed by atoms with Crippen LogP contribution < -0.4 is 11.5 Å². The van der Waals surface area contributed by atoms with Gasteiger partial charge in [-0.1, -0.05) is 6.07 Å². The molecule has 1 aromatic rings. The van der Waals surface area contributed by atoms with Crippen molar-refractivity contribution in [1.82, 2.24) is 0 Å². The number of hydrogen-bond donors (Lipinski definition) is 2. The fourth-order valence-corrected chi connectivity index (χ4v) is 1.40. The van der Waals surface area contributed by atoms with E-state index < -0.39 is 17.8 Å². The molecule has 0 aromatic heterocycles. The third kappa shape index (κ3) is 2.60. The first-order valence-corrected chi connectivity index (χ1v) is 4.88. The molecule has 0 saturated heterocycles. The normalized spacial score (nSPS) is 9.71. The number of carbonyl (C=O) groups is 3. The average molecular weight is 236 g/mol. The van der Waals surface area contributed by atoms with Gasteiger partial charge < -0.3 is 16.2 Å². The van der Waals surface area contributed by atoms with Crippen LogP contribution in [0.25, 0.3) is 0 Å². The smallest absolute Gasteiger partial charge is 0.338 e. The topological polar surface area (TPSA) is 112 Å². The van der Waals surface area contributed by atoms with Crippen LogP contribution in [0.5, 0.6) is 0 Å². The predicted molar refractivity (Wildman–Crippen MR) is 59.4 cm³/mol. The van der Waals surface area contributed by atoms with Crippen LogP contribution in [0.3, 0.4) is 0 Å². The van der Waals surface area contributed by atoms with E-state index in [-0.39, 0.29) is 23.3 Å². The molecule has 6 nitrogen and oxygen atoms in total. The Bertz CT molecular complexity index is 482. The SMILES string of the molecule is CCOC(=O)c1cccc(C(N)=O)c1C(N)=O. The molecule has 0 saturated carbocycles. The predicted octanol–water partition coefficient (Wildman–Crippen LogP) is 0.0611. The molecule has 0 unspecified atom stereocenters. The highest BCUT2D eigenvalue weighted by Crippen LogP contribution is 2.15. The molecule has 0 aliphatic carbocycles. The van der Waals surface area contributed by atoms with Crippen LogP contribution in [0.1, 0.15) is 38.0 Å². The molecule has 0 fully saturated rings. The lowest BCUT2D eigenvalue weighted by Crippen LogP contribution is -2.24. The summed E-state index contributed by atoms with van der Waals surface area (Å²) in [7, 11) is 0. The van der Waals surface area contributed by atoms with Gasteiger partial charge in [-0.15, -0.1) is 0 Å². The maximum absolute atomic E-state index is 11.6. The quantitative estimate of drug-likeness (QED) is 0.719. The van der Waals surface area contributed by atoms with Crippen LogP contribution in [0.2, 0.25) is 0 Å². The van der Waals surface area contributed by atoms with Gasteiger partial charge in [0.15, 0.2) is 0 Å². The van der Waals surface area contributed by atoms with Gasteiger partial charge in [-0.25, -0.2) is 4.79 Å². The first-order valence-electron chi connectivity index (χ1n) is 4.88. The van der Waals surface area contributed by atoms with Gasteiger partial charge >= 0.3 is 5.97 Å². The number of hydrogen-bond acceptors (Lipinski definition) is 4. The minimum Gasteiger partial charge on any atom is -0.462 e. The van der Waals surface area contributed by atoms with E-state index in [9.17, 15) is 14.4 Å². The first kappa shape index (κ1) is 12.7. The molecule has 0 heterocycles. The summed E-state index contributed by atoms with van der Waals surface area (Å²) in [5.74, 6) is -2.45. The van der Waals surface area contributed by atoms with Gasteiger partial charge in [-0.05, 0) is 19.1 Å². The van der Waals surface area contributed by atoms with E-state index >= 15 is 0 Å². The third-order valence-corrected chi connectivity index (χ3v) is 2.07. The van der Waals surface area contributed by atoms with E-state index in [2.05, 4.69) is 0 Å². The van der Waals surface area contributed by atoms with Crippen LogP contribution in [0.15, 0.2) is 18.2 Å². The summed E-state index contributed by atoms with van der Waals surface area (Å²) in [5.41, 5.74) is 9.87. The Morgan fingerprint density at radius 2 is 1.71 bits per heavy atom. The van der Waals surface area contributed by atoms with Gasteiger partial charge in [0.05, 0.1) is 23.3 Å². The van der Waals surface area contributed by atoms with Crippen molar-refractivity contribution in [2.24, 2.45) is 11.5 Å². The van der Waals surface area contributed by atoms with Crippen molar-refractivity contribution in [3.05, 3.63) is 34.9 Å². The van der Waals surface area contributed by atoms with Gasteiger partial charge in [0.25, 0.3) is 0 Å². The lowest BCUT2D eigenvalue weighted by Gasteiger charge is -2.09. The van der Waals surface area contributed by atoms with E-state index in [1.165, 1.54) is 18.2 Å². The highest BCUT2D eigenvalue weighted by Gasteiger charge is 2.21. The van der Waals surface area contributed by atoms with Crippen LogP contribution in [-0.4, -0.2) is 24.4 Å². The lowest BCUT2D eigenvalue weighted by molar-refractivity contribution is 0.0523. The maximum Gasteiger partial charge on any atom is 0.338 e. The Labute approximate surface area is 97.5 Å². The zero-order chi connectivity index (χ0) is 13.0. The molecule has 90 valence electrons. The molecule has 0 atom stereocenters. The molecule has 0 radical (unpaired) electrons. The number of esters is 1. The van der Waals surface area contributed by atoms with Crippen LogP contribution in [-0.2, 0) is 4.74 Å². The number of carbonyl (C=O) groups excluding carboxylic acids is 3. The number of amides is 2. The van der Waals surface area contributed by atoms with Gasteiger partial charge in [-0.2, -0.15) is 0 Å². The van der Waals surface area contributed by atoms with E-state index in [4.69, 9.17) is 16.2 Å². The average Bonchev–Trinajstić information content (AvgIpc) is 2.28. The monoisotopic (exact) mass is 236 g/mol. The Morgan fingerprint density at radius 1 is 1.12 bits per heavy atom. The Kier molecular flexibility index (Phi) is 3.82. The summed E-state index contributed by atoms with van der Waals surface area (Å²) < 4.78 is 4.75. The molecule has 0 bridgehead atoms. The molecule has 6 heteroatoms. The van der Waals surface area contributed by atoms with Crippen molar-refractivity contribution >= 4 is 17.8 Å². The maximum atomic E-state index is 11.6. The molecule has 2 amide bonds. The summed E-state index contributed by atoms with van der Waals surface area (Å²) in [6, 6.07) is 4.11. The van der Waals surface area contributed by atoms with Crippen molar-refractivity contribution in [2.45, 2.75) is 6.92 Å². The highest BCUT2D eigenvalue weighted by atomic mass is 16.5. The van der Waals surface area contributed by atoms with Crippen molar-refractivity contribution < 1.29 is 19.1 Å². The number of benzene rings is 1. The molecular weight excluding hydrogens is 224 g/mol. The summed E-state index contributed by atoms with van der Waals surface area (Å²) in [6.07, 6.45) is 0. The second-order valence-electron chi connectivity index (χ2n) is 3.18. The number of nitrogens with two attached hydrogens (primary N) is 2. The number of rotatable bonds is 4. The van der Waals surface area contributed by atoms with E-state index in [0.717, 1.165) is 0 Å². The van der Waals surface area contributed by atoms with Gasteiger partial charge in [0.1, 0.15) is 0 Å². The number of primary amides is 2. The highest BCUT2D eigenvalue weighted by molar-refractivity contribution is 6.12. The number of ether oxygens (including phenoxy) is 1. The molecule has 0 spiro atoms. The standard InChI is InChI=1S/C11H12N2O4/c1-2-17-11(16)7-5-3-4-6(9(12)14)8(7)10(13)15/h3-5H,2H2,1H3,(H2,12,14)(H2,13,15). The molecular formula is C11H12N2O4. The zero-order valence-corrected chi connectivity index (χ0v) is 9.23. The van der Waals surface area contributed by atoms with E-state index in [1.54, 1.807) is 6.92 Å². The summed E-state index contributed by atoms with van der Waals surface area (Å²) in [6.45, 7) is 1.78. The second kappa shape index (κ2) is 5.11. The molecule has 0 aliphatic rings. The Hall–Kier alpha value is -2.37. The van der Waals surface area contributed by atoms with Gasteiger partial charge in [0.2, 0.25) is 11.8 Å². The fourth-order valence-electron chi connectivity index (χ4n) is 1.40. The van der Waals surface area contributed by atoms with Crippen molar-refractivity contribution in [3.8, 4) is 0 Å². The minimum atomic E-state index is -0.901. The summed E-state index contributed by atoms with van der Waals surface area (Å²) in [5, 5.41) is 0. The molecule has 4 N–H and O–H groups in total. The Morgan fingerprint density at radius 3 is 2.18 bits per heavy atom. The van der Waals surface area contributed by atoms with Crippen molar-refractivity contribution in [1.29, 1.82) is 0 Å².